The lowest BCUT2D eigenvalue weighted by atomic mass is 10.1. The average Bonchev–Trinajstić information content (AvgIpc) is 2.78. The second-order valence-electron chi connectivity index (χ2n) is 4.66. The van der Waals surface area contributed by atoms with Crippen LogP contribution in [0.1, 0.15) is 19.3 Å². The van der Waals surface area contributed by atoms with Crippen molar-refractivity contribution in [3.63, 3.8) is 0 Å². The average molecular weight is 240 g/mol. The van der Waals surface area contributed by atoms with Crippen molar-refractivity contribution in [2.75, 3.05) is 32.7 Å². The molecule has 0 aromatic carbocycles. The first-order valence-electron chi connectivity index (χ1n) is 6.23. The van der Waals surface area contributed by atoms with Crippen LogP contribution in [0.3, 0.4) is 0 Å². The highest BCUT2D eigenvalue weighted by Gasteiger charge is 2.30. The number of carbonyl (C=O) groups is 2. The number of amides is 3. The summed E-state index contributed by atoms with van der Waals surface area (Å²) in [7, 11) is 0. The van der Waals surface area contributed by atoms with Crippen molar-refractivity contribution < 1.29 is 9.59 Å². The molecule has 2 aliphatic heterocycles. The Balaban J connectivity index is 1.86. The fraction of sp³-hybridized carbons (Fsp3) is 0.818. The van der Waals surface area contributed by atoms with Gasteiger partial charge in [-0.15, -0.1) is 0 Å². The molecule has 0 aromatic rings. The Bertz CT molecular complexity index is 302. The van der Waals surface area contributed by atoms with E-state index in [1.165, 1.54) is 0 Å². The van der Waals surface area contributed by atoms with E-state index < -0.39 is 6.03 Å². The maximum atomic E-state index is 12.0. The van der Waals surface area contributed by atoms with Gasteiger partial charge in [0.1, 0.15) is 0 Å². The highest BCUT2D eigenvalue weighted by molar-refractivity contribution is 5.79. The first kappa shape index (κ1) is 12.2. The summed E-state index contributed by atoms with van der Waals surface area (Å²) in [6.07, 6.45) is 2.26. The highest BCUT2D eigenvalue weighted by atomic mass is 16.2. The number of carbonyl (C=O) groups excluding carboxylic acids is 2. The standard InChI is InChI=1S/C11H20N4O2/c12-11(17)15-5-1-2-9(15)8-10(16)14-6-3-13-4-7-14/h9,13H,1-8H2,(H2,12,17). The molecule has 1 unspecified atom stereocenters. The third-order valence-corrected chi connectivity index (χ3v) is 3.54. The summed E-state index contributed by atoms with van der Waals surface area (Å²) in [5.74, 6) is 0.143. The Morgan fingerprint density at radius 2 is 1.94 bits per heavy atom. The van der Waals surface area contributed by atoms with E-state index >= 15 is 0 Å². The molecule has 0 aromatic heterocycles. The topological polar surface area (TPSA) is 78.7 Å². The SMILES string of the molecule is NC(=O)N1CCCC1CC(=O)N1CCNCC1. The molecule has 2 fully saturated rings. The van der Waals surface area contributed by atoms with Crippen LogP contribution < -0.4 is 11.1 Å². The minimum absolute atomic E-state index is 0.00915. The molecule has 6 nitrogen and oxygen atoms in total. The number of nitrogens with two attached hydrogens (primary N) is 1. The second kappa shape index (κ2) is 5.35. The van der Waals surface area contributed by atoms with Crippen LogP contribution in [0, 0.1) is 0 Å². The van der Waals surface area contributed by atoms with Gasteiger partial charge in [-0.25, -0.2) is 4.79 Å². The van der Waals surface area contributed by atoms with Gasteiger partial charge in [0.15, 0.2) is 0 Å². The third-order valence-electron chi connectivity index (χ3n) is 3.54. The summed E-state index contributed by atoms with van der Waals surface area (Å²) in [5, 5.41) is 3.21. The van der Waals surface area contributed by atoms with Gasteiger partial charge in [-0.05, 0) is 12.8 Å². The van der Waals surface area contributed by atoms with E-state index in [9.17, 15) is 9.59 Å². The van der Waals surface area contributed by atoms with Crippen molar-refractivity contribution in [2.45, 2.75) is 25.3 Å². The lowest BCUT2D eigenvalue weighted by Gasteiger charge is -2.30. The van der Waals surface area contributed by atoms with Gasteiger partial charge in [0.2, 0.25) is 5.91 Å². The van der Waals surface area contributed by atoms with Crippen LogP contribution in [-0.4, -0.2) is 60.5 Å². The molecule has 0 saturated carbocycles. The molecular weight excluding hydrogens is 220 g/mol. The Kier molecular flexibility index (Phi) is 3.83. The van der Waals surface area contributed by atoms with E-state index in [4.69, 9.17) is 5.73 Å². The Labute approximate surface area is 101 Å². The maximum absolute atomic E-state index is 12.0. The van der Waals surface area contributed by atoms with E-state index in [1.54, 1.807) is 4.90 Å². The quantitative estimate of drug-likeness (QED) is 0.673. The van der Waals surface area contributed by atoms with Gasteiger partial charge in [-0.2, -0.15) is 0 Å². The van der Waals surface area contributed by atoms with E-state index in [2.05, 4.69) is 5.32 Å². The summed E-state index contributed by atoms with van der Waals surface area (Å²) in [6, 6.07) is -0.393. The molecule has 3 amide bonds. The van der Waals surface area contributed by atoms with Crippen LogP contribution in [-0.2, 0) is 4.79 Å². The summed E-state index contributed by atoms with van der Waals surface area (Å²) in [4.78, 5) is 26.7. The normalized spacial score (nSPS) is 25.1. The lowest BCUT2D eigenvalue weighted by molar-refractivity contribution is -0.132. The first-order chi connectivity index (χ1) is 8.18. The lowest BCUT2D eigenvalue weighted by Crippen LogP contribution is -2.48. The monoisotopic (exact) mass is 240 g/mol. The fourth-order valence-electron chi connectivity index (χ4n) is 2.58. The van der Waals surface area contributed by atoms with Gasteiger partial charge >= 0.3 is 6.03 Å². The number of piperazine rings is 1. The molecule has 0 aliphatic carbocycles. The zero-order valence-corrected chi connectivity index (χ0v) is 10.0. The van der Waals surface area contributed by atoms with E-state index in [-0.39, 0.29) is 11.9 Å². The van der Waals surface area contributed by atoms with Crippen molar-refractivity contribution >= 4 is 11.9 Å². The minimum Gasteiger partial charge on any atom is -0.351 e. The smallest absolute Gasteiger partial charge is 0.315 e. The first-order valence-corrected chi connectivity index (χ1v) is 6.23. The summed E-state index contributed by atoms with van der Waals surface area (Å²) in [5.41, 5.74) is 5.29. The summed E-state index contributed by atoms with van der Waals surface area (Å²) >= 11 is 0. The van der Waals surface area contributed by atoms with E-state index in [1.807, 2.05) is 4.90 Å². The van der Waals surface area contributed by atoms with Crippen LogP contribution in [0.2, 0.25) is 0 Å². The molecule has 96 valence electrons. The molecule has 6 heteroatoms. The van der Waals surface area contributed by atoms with E-state index in [0.717, 1.165) is 39.0 Å². The highest BCUT2D eigenvalue weighted by Crippen LogP contribution is 2.20. The molecule has 2 saturated heterocycles. The van der Waals surface area contributed by atoms with Crippen LogP contribution in [0.15, 0.2) is 0 Å². The predicted molar refractivity (Wildman–Crippen MR) is 63.4 cm³/mol. The van der Waals surface area contributed by atoms with Crippen molar-refractivity contribution in [3.05, 3.63) is 0 Å². The Morgan fingerprint density at radius 1 is 1.24 bits per heavy atom. The molecular formula is C11H20N4O2. The molecule has 0 spiro atoms. The van der Waals surface area contributed by atoms with Gasteiger partial charge in [-0.1, -0.05) is 0 Å². The second-order valence-corrected chi connectivity index (χ2v) is 4.66. The number of likely N-dealkylation sites (tertiary alicyclic amines) is 1. The van der Waals surface area contributed by atoms with Crippen molar-refractivity contribution in [3.8, 4) is 0 Å². The van der Waals surface area contributed by atoms with Gasteiger partial charge in [-0.3, -0.25) is 4.79 Å². The third kappa shape index (κ3) is 2.88. The molecule has 17 heavy (non-hydrogen) atoms. The fourth-order valence-corrected chi connectivity index (χ4v) is 2.58. The van der Waals surface area contributed by atoms with Crippen LogP contribution in [0.5, 0.6) is 0 Å². The number of rotatable bonds is 2. The van der Waals surface area contributed by atoms with Gasteiger partial charge < -0.3 is 20.9 Å². The van der Waals surface area contributed by atoms with E-state index in [0.29, 0.717) is 13.0 Å². The predicted octanol–water partition coefficient (Wildman–Crippen LogP) is -0.649. The molecule has 0 bridgehead atoms. The minimum atomic E-state index is -0.402. The van der Waals surface area contributed by atoms with Crippen molar-refractivity contribution in [1.29, 1.82) is 0 Å². The summed E-state index contributed by atoms with van der Waals surface area (Å²) in [6.45, 7) is 3.94. The number of urea groups is 1. The molecule has 2 rings (SSSR count). The number of hydrogen-bond donors (Lipinski definition) is 2. The number of hydrogen-bond acceptors (Lipinski definition) is 3. The zero-order chi connectivity index (χ0) is 12.3. The molecule has 2 heterocycles. The van der Waals surface area contributed by atoms with Crippen molar-refractivity contribution in [2.24, 2.45) is 5.73 Å². The Morgan fingerprint density at radius 3 is 2.59 bits per heavy atom. The van der Waals surface area contributed by atoms with Gasteiger partial charge in [0, 0.05) is 45.2 Å². The number of nitrogens with zero attached hydrogens (tertiary/aromatic N) is 2. The zero-order valence-electron chi connectivity index (χ0n) is 10.0. The van der Waals surface area contributed by atoms with Crippen molar-refractivity contribution in [1.82, 2.24) is 15.1 Å². The largest absolute Gasteiger partial charge is 0.351 e. The molecule has 2 aliphatic rings. The Hall–Kier alpha value is -1.30. The summed E-state index contributed by atoms with van der Waals surface area (Å²) < 4.78 is 0. The molecule has 3 N–H and O–H groups in total. The van der Waals surface area contributed by atoms with Crippen LogP contribution in [0.4, 0.5) is 4.79 Å². The van der Waals surface area contributed by atoms with Crippen LogP contribution >= 0.6 is 0 Å². The van der Waals surface area contributed by atoms with Gasteiger partial charge in [0.05, 0.1) is 0 Å². The number of nitrogens with one attached hydrogen (secondary N) is 1. The van der Waals surface area contributed by atoms with Crippen LogP contribution in [0.25, 0.3) is 0 Å². The molecule has 1 atom stereocenters. The van der Waals surface area contributed by atoms with Gasteiger partial charge in [0.25, 0.3) is 0 Å². The molecule has 0 radical (unpaired) electrons. The maximum Gasteiger partial charge on any atom is 0.315 e. The number of primary amides is 1.